The van der Waals surface area contributed by atoms with Crippen LogP contribution in [-0.2, 0) is 17.6 Å². The van der Waals surface area contributed by atoms with Gasteiger partial charge in [-0.25, -0.2) is 4.68 Å². The molecule has 1 amide bonds. The van der Waals surface area contributed by atoms with E-state index in [9.17, 15) is 9.59 Å². The fraction of sp³-hybridized carbons (Fsp3) is 0.261. The van der Waals surface area contributed by atoms with Crippen LogP contribution >= 0.6 is 0 Å². The molecular formula is C23H23N3O3. The van der Waals surface area contributed by atoms with Crippen LogP contribution in [0, 0.1) is 0 Å². The average Bonchev–Trinajstić information content (AvgIpc) is 3.35. The Morgan fingerprint density at radius 3 is 2.55 bits per heavy atom. The molecule has 0 fully saturated rings. The van der Waals surface area contributed by atoms with Crippen LogP contribution in [-0.4, -0.2) is 28.1 Å². The molecule has 6 nitrogen and oxygen atoms in total. The average molecular weight is 389 g/mol. The van der Waals surface area contributed by atoms with Crippen molar-refractivity contribution in [1.29, 1.82) is 0 Å². The Hall–Kier alpha value is -3.41. The van der Waals surface area contributed by atoms with Crippen molar-refractivity contribution >= 4 is 17.5 Å². The van der Waals surface area contributed by atoms with Crippen LogP contribution in [0.5, 0.6) is 5.75 Å². The number of hydrogen-bond donors (Lipinski definition) is 1. The lowest BCUT2D eigenvalue weighted by atomic mass is 10.1. The normalized spacial score (nSPS) is 12.4. The van der Waals surface area contributed by atoms with Crippen LogP contribution in [0.1, 0.15) is 41.4 Å². The standard InChI is InChI=1S/C23H23N3O3/c1-2-21(27)16-11-13-18(14-12-16)29-15-22(28)24-23-19-9-6-10-20(19)25-26(23)17-7-4-3-5-8-17/h3-5,7-8,11-14H,2,6,9-10,15H2,1H3,(H,24,28). The van der Waals surface area contributed by atoms with Gasteiger partial charge in [0.05, 0.1) is 11.4 Å². The summed E-state index contributed by atoms with van der Waals surface area (Å²) in [6.07, 6.45) is 3.35. The van der Waals surface area contributed by atoms with E-state index in [4.69, 9.17) is 9.84 Å². The number of amides is 1. The van der Waals surface area contributed by atoms with Crippen LogP contribution in [0.3, 0.4) is 0 Å². The van der Waals surface area contributed by atoms with Crippen LogP contribution in [0.25, 0.3) is 5.69 Å². The van der Waals surface area contributed by atoms with Crippen molar-refractivity contribution < 1.29 is 14.3 Å². The first-order valence-corrected chi connectivity index (χ1v) is 9.88. The molecule has 0 saturated heterocycles. The van der Waals surface area contributed by atoms with Gasteiger partial charge in [-0.15, -0.1) is 0 Å². The summed E-state index contributed by atoms with van der Waals surface area (Å²) in [7, 11) is 0. The Bertz CT molecular complexity index is 1020. The van der Waals surface area contributed by atoms with Crippen molar-refractivity contribution in [2.75, 3.05) is 11.9 Å². The number of para-hydroxylation sites is 1. The van der Waals surface area contributed by atoms with Crippen molar-refractivity contribution in [3.05, 3.63) is 71.4 Å². The van der Waals surface area contributed by atoms with Gasteiger partial charge in [0, 0.05) is 17.5 Å². The number of ether oxygens (including phenoxy) is 1. The minimum atomic E-state index is -0.245. The summed E-state index contributed by atoms with van der Waals surface area (Å²) in [4.78, 5) is 24.3. The number of fused-ring (bicyclic) bond motifs is 1. The Kier molecular flexibility index (Phi) is 5.42. The zero-order valence-corrected chi connectivity index (χ0v) is 16.4. The van der Waals surface area contributed by atoms with Gasteiger partial charge in [0.15, 0.2) is 12.4 Å². The smallest absolute Gasteiger partial charge is 0.263 e. The maximum absolute atomic E-state index is 12.6. The van der Waals surface area contributed by atoms with Gasteiger partial charge < -0.3 is 10.1 Å². The van der Waals surface area contributed by atoms with E-state index in [2.05, 4.69) is 5.32 Å². The number of nitrogens with zero attached hydrogens (tertiary/aromatic N) is 2. The fourth-order valence-corrected chi connectivity index (χ4v) is 3.53. The Labute approximate surface area is 169 Å². The third kappa shape index (κ3) is 4.06. The highest BCUT2D eigenvalue weighted by Gasteiger charge is 2.24. The molecule has 0 unspecified atom stereocenters. The molecule has 2 aromatic carbocycles. The summed E-state index contributed by atoms with van der Waals surface area (Å²) in [5, 5.41) is 7.68. The topological polar surface area (TPSA) is 73.2 Å². The molecule has 3 aromatic rings. The number of ketones is 1. The number of benzene rings is 2. The van der Waals surface area contributed by atoms with Crippen molar-refractivity contribution in [1.82, 2.24) is 9.78 Å². The molecule has 0 atom stereocenters. The number of hydrogen-bond acceptors (Lipinski definition) is 4. The number of nitrogens with one attached hydrogen (secondary N) is 1. The highest BCUT2D eigenvalue weighted by molar-refractivity contribution is 5.96. The van der Waals surface area contributed by atoms with Gasteiger partial charge in [-0.2, -0.15) is 5.10 Å². The Morgan fingerprint density at radius 1 is 1.07 bits per heavy atom. The lowest BCUT2D eigenvalue weighted by Gasteiger charge is -2.12. The molecule has 1 aromatic heterocycles. The first-order valence-electron chi connectivity index (χ1n) is 9.88. The van der Waals surface area contributed by atoms with Crippen molar-refractivity contribution in [3.63, 3.8) is 0 Å². The van der Waals surface area contributed by atoms with Gasteiger partial charge in [0.2, 0.25) is 0 Å². The molecule has 1 N–H and O–H groups in total. The summed E-state index contributed by atoms with van der Waals surface area (Å²) >= 11 is 0. The molecule has 4 rings (SSSR count). The van der Waals surface area contributed by atoms with E-state index in [1.807, 2.05) is 37.3 Å². The Morgan fingerprint density at radius 2 is 1.83 bits per heavy atom. The van der Waals surface area contributed by atoms with E-state index in [0.29, 0.717) is 17.7 Å². The second kappa shape index (κ2) is 8.31. The molecule has 148 valence electrons. The Balaban J connectivity index is 1.46. The van der Waals surface area contributed by atoms with Gasteiger partial charge in [0.25, 0.3) is 5.91 Å². The number of anilines is 1. The zero-order chi connectivity index (χ0) is 20.2. The van der Waals surface area contributed by atoms with Crippen LogP contribution in [0.2, 0.25) is 0 Å². The maximum atomic E-state index is 12.6. The predicted molar refractivity (Wildman–Crippen MR) is 111 cm³/mol. The van der Waals surface area contributed by atoms with Gasteiger partial charge in [-0.1, -0.05) is 25.1 Å². The van der Waals surface area contributed by atoms with Gasteiger partial charge in [-0.05, 0) is 55.7 Å². The largest absolute Gasteiger partial charge is 0.484 e. The van der Waals surface area contributed by atoms with E-state index in [-0.39, 0.29) is 18.3 Å². The molecule has 6 heteroatoms. The number of aromatic nitrogens is 2. The molecule has 0 saturated carbocycles. The van der Waals surface area contributed by atoms with Crippen LogP contribution < -0.4 is 10.1 Å². The predicted octanol–water partition coefficient (Wildman–Crippen LogP) is 3.97. The molecule has 0 bridgehead atoms. The van der Waals surface area contributed by atoms with Crippen LogP contribution in [0.15, 0.2) is 54.6 Å². The third-order valence-corrected chi connectivity index (χ3v) is 5.03. The SMILES string of the molecule is CCC(=O)c1ccc(OCC(=O)Nc2c3c(nn2-c2ccccc2)CCC3)cc1. The molecular weight excluding hydrogens is 366 g/mol. The summed E-state index contributed by atoms with van der Waals surface area (Å²) in [6.45, 7) is 1.71. The summed E-state index contributed by atoms with van der Waals surface area (Å²) in [5.41, 5.74) is 3.70. The van der Waals surface area contributed by atoms with Crippen molar-refractivity contribution in [2.24, 2.45) is 0 Å². The molecule has 0 aliphatic heterocycles. The number of aryl methyl sites for hydroxylation is 1. The van der Waals surface area contributed by atoms with E-state index in [0.717, 1.165) is 42.0 Å². The molecule has 1 heterocycles. The lowest BCUT2D eigenvalue weighted by molar-refractivity contribution is -0.118. The highest BCUT2D eigenvalue weighted by atomic mass is 16.5. The van der Waals surface area contributed by atoms with Gasteiger partial charge >= 0.3 is 0 Å². The van der Waals surface area contributed by atoms with E-state index in [1.165, 1.54) is 0 Å². The molecule has 29 heavy (non-hydrogen) atoms. The van der Waals surface area contributed by atoms with E-state index < -0.39 is 0 Å². The molecule has 1 aliphatic rings. The monoisotopic (exact) mass is 389 g/mol. The first-order chi connectivity index (χ1) is 14.2. The number of Topliss-reactive ketones (excluding diaryl/α,β-unsaturated/α-hetero) is 1. The van der Waals surface area contributed by atoms with Crippen molar-refractivity contribution in [2.45, 2.75) is 32.6 Å². The van der Waals surface area contributed by atoms with Crippen molar-refractivity contribution in [3.8, 4) is 11.4 Å². The zero-order valence-electron chi connectivity index (χ0n) is 16.4. The molecule has 1 aliphatic carbocycles. The highest BCUT2D eigenvalue weighted by Crippen LogP contribution is 2.30. The molecule has 0 radical (unpaired) electrons. The van der Waals surface area contributed by atoms with Gasteiger partial charge in [-0.3, -0.25) is 9.59 Å². The quantitative estimate of drug-likeness (QED) is 0.621. The number of carbonyl (C=O) groups excluding carboxylic acids is 2. The van der Waals surface area contributed by atoms with Crippen LogP contribution in [0.4, 0.5) is 5.82 Å². The first kappa shape index (κ1) is 18.9. The second-order valence-electron chi connectivity index (χ2n) is 7.01. The maximum Gasteiger partial charge on any atom is 0.263 e. The lowest BCUT2D eigenvalue weighted by Crippen LogP contribution is -2.22. The number of carbonyl (C=O) groups is 2. The minimum absolute atomic E-state index is 0.0809. The minimum Gasteiger partial charge on any atom is -0.484 e. The number of rotatable bonds is 7. The molecule has 0 spiro atoms. The van der Waals surface area contributed by atoms with Gasteiger partial charge in [0.1, 0.15) is 11.6 Å². The summed E-state index contributed by atoms with van der Waals surface area (Å²) in [6, 6.07) is 16.6. The summed E-state index contributed by atoms with van der Waals surface area (Å²) in [5.74, 6) is 1.11. The second-order valence-corrected chi connectivity index (χ2v) is 7.01. The third-order valence-electron chi connectivity index (χ3n) is 5.03. The van der Waals surface area contributed by atoms with E-state index in [1.54, 1.807) is 28.9 Å². The fourth-order valence-electron chi connectivity index (χ4n) is 3.53. The summed E-state index contributed by atoms with van der Waals surface area (Å²) < 4.78 is 7.40. The van der Waals surface area contributed by atoms with E-state index >= 15 is 0 Å².